The lowest BCUT2D eigenvalue weighted by atomic mass is 9.87. The Morgan fingerprint density at radius 1 is 0.933 bits per heavy atom. The van der Waals surface area contributed by atoms with Gasteiger partial charge in [0.15, 0.2) is 0 Å². The van der Waals surface area contributed by atoms with Crippen molar-refractivity contribution in [3.8, 4) is 0 Å². The number of likely N-dealkylation sites (N-methyl/N-ethyl adjacent to an activating group) is 1. The second kappa shape index (κ2) is 8.86. The van der Waals surface area contributed by atoms with Gasteiger partial charge in [-0.2, -0.15) is 0 Å². The van der Waals surface area contributed by atoms with Crippen LogP contribution in [0.4, 0.5) is 14.9 Å². The third-order valence-electron chi connectivity index (χ3n) is 4.52. The highest BCUT2D eigenvalue weighted by Crippen LogP contribution is 2.26. The third-order valence-corrected chi connectivity index (χ3v) is 4.52. The average Bonchev–Trinajstić information content (AvgIpc) is 2.61. The Morgan fingerprint density at radius 3 is 1.93 bits per heavy atom. The van der Waals surface area contributed by atoms with Crippen LogP contribution in [-0.2, 0) is 14.9 Å². The van der Waals surface area contributed by atoms with Crippen molar-refractivity contribution in [1.29, 1.82) is 0 Å². The van der Waals surface area contributed by atoms with Gasteiger partial charge in [-0.05, 0) is 61.6 Å². The summed E-state index contributed by atoms with van der Waals surface area (Å²) in [5.74, 6) is -0.839. The molecule has 0 aliphatic rings. The maximum Gasteiger partial charge on any atom is 0.410 e. The van der Waals surface area contributed by atoms with Gasteiger partial charge in [-0.3, -0.25) is 9.69 Å². The maximum absolute atomic E-state index is 13.4. The molecule has 2 aromatic carbocycles. The van der Waals surface area contributed by atoms with Gasteiger partial charge in [0.1, 0.15) is 17.5 Å². The van der Waals surface area contributed by atoms with E-state index in [1.54, 1.807) is 20.8 Å². The van der Waals surface area contributed by atoms with Gasteiger partial charge in [0, 0.05) is 12.7 Å². The molecule has 0 saturated heterocycles. The molecule has 0 aliphatic heterocycles. The first-order chi connectivity index (χ1) is 13.8. The summed E-state index contributed by atoms with van der Waals surface area (Å²) in [7, 11) is 1.49. The SMILES string of the molecule is CN(C(=O)OC(C)(C)C)[C@H](C(=O)Nc1ccc(C(C)(C)C)cc1)c1ccc(F)cc1. The number of benzene rings is 2. The van der Waals surface area contributed by atoms with Crippen molar-refractivity contribution in [2.75, 3.05) is 12.4 Å². The molecule has 0 bridgehead atoms. The molecule has 0 unspecified atom stereocenters. The van der Waals surface area contributed by atoms with E-state index in [2.05, 4.69) is 26.1 Å². The fourth-order valence-corrected chi connectivity index (χ4v) is 2.90. The van der Waals surface area contributed by atoms with Gasteiger partial charge in [0.2, 0.25) is 0 Å². The molecule has 2 amide bonds. The molecule has 0 radical (unpaired) electrons. The third kappa shape index (κ3) is 6.31. The van der Waals surface area contributed by atoms with Gasteiger partial charge in [0.25, 0.3) is 5.91 Å². The van der Waals surface area contributed by atoms with E-state index < -0.39 is 29.5 Å². The van der Waals surface area contributed by atoms with Crippen LogP contribution in [0.15, 0.2) is 48.5 Å². The van der Waals surface area contributed by atoms with Crippen molar-refractivity contribution in [2.24, 2.45) is 0 Å². The maximum atomic E-state index is 13.4. The van der Waals surface area contributed by atoms with Crippen LogP contribution in [0.5, 0.6) is 0 Å². The van der Waals surface area contributed by atoms with Gasteiger partial charge in [-0.25, -0.2) is 9.18 Å². The molecule has 0 fully saturated rings. The summed E-state index contributed by atoms with van der Waals surface area (Å²) < 4.78 is 18.8. The molecular formula is C24H31FN2O3. The fraction of sp³-hybridized carbons (Fsp3) is 0.417. The Hall–Kier alpha value is -2.89. The molecule has 0 aromatic heterocycles. The van der Waals surface area contributed by atoms with Gasteiger partial charge in [-0.15, -0.1) is 0 Å². The Kier molecular flexibility index (Phi) is 6.91. The lowest BCUT2D eigenvalue weighted by Crippen LogP contribution is -2.41. The lowest BCUT2D eigenvalue weighted by Gasteiger charge is -2.30. The number of carbonyl (C=O) groups is 2. The number of nitrogens with zero attached hydrogens (tertiary/aromatic N) is 1. The Balaban J connectivity index is 2.30. The number of anilines is 1. The highest BCUT2D eigenvalue weighted by atomic mass is 19.1. The number of hydrogen-bond acceptors (Lipinski definition) is 3. The zero-order valence-corrected chi connectivity index (χ0v) is 18.7. The zero-order chi connectivity index (χ0) is 22.7. The zero-order valence-electron chi connectivity index (χ0n) is 18.7. The van der Waals surface area contributed by atoms with Gasteiger partial charge in [-0.1, -0.05) is 45.0 Å². The smallest absolute Gasteiger partial charge is 0.410 e. The first-order valence-corrected chi connectivity index (χ1v) is 9.90. The van der Waals surface area contributed by atoms with Gasteiger partial charge in [0.05, 0.1) is 0 Å². The highest BCUT2D eigenvalue weighted by Gasteiger charge is 2.32. The Bertz CT molecular complexity index is 879. The van der Waals surface area contributed by atoms with Crippen LogP contribution in [0.2, 0.25) is 0 Å². The van der Waals surface area contributed by atoms with Crippen molar-refractivity contribution in [3.63, 3.8) is 0 Å². The van der Waals surface area contributed by atoms with Crippen molar-refractivity contribution < 1.29 is 18.7 Å². The number of halogens is 1. The molecule has 6 heteroatoms. The van der Waals surface area contributed by atoms with Crippen molar-refractivity contribution >= 4 is 17.7 Å². The predicted octanol–water partition coefficient (Wildman–Crippen LogP) is 5.67. The quantitative estimate of drug-likeness (QED) is 0.701. The first-order valence-electron chi connectivity index (χ1n) is 9.90. The largest absolute Gasteiger partial charge is 0.444 e. The monoisotopic (exact) mass is 414 g/mol. The number of amides is 2. The van der Waals surface area contributed by atoms with Gasteiger partial charge >= 0.3 is 6.09 Å². The molecule has 1 N–H and O–H groups in total. The van der Waals surface area contributed by atoms with E-state index >= 15 is 0 Å². The summed E-state index contributed by atoms with van der Waals surface area (Å²) in [4.78, 5) is 27.0. The van der Waals surface area contributed by atoms with E-state index in [4.69, 9.17) is 4.74 Å². The Labute approximate surface area is 178 Å². The van der Waals surface area contributed by atoms with Gasteiger partial charge < -0.3 is 10.1 Å². The summed E-state index contributed by atoms with van der Waals surface area (Å²) >= 11 is 0. The second-order valence-electron chi connectivity index (χ2n) is 9.36. The van der Waals surface area contributed by atoms with E-state index in [0.717, 1.165) is 5.56 Å². The minimum atomic E-state index is -0.984. The van der Waals surface area contributed by atoms with Crippen LogP contribution < -0.4 is 5.32 Å². The van der Waals surface area contributed by atoms with Crippen molar-refractivity contribution in [3.05, 3.63) is 65.5 Å². The van der Waals surface area contributed by atoms with E-state index in [-0.39, 0.29) is 5.41 Å². The Morgan fingerprint density at radius 2 is 1.47 bits per heavy atom. The summed E-state index contributed by atoms with van der Waals surface area (Å²) in [5.41, 5.74) is 1.52. The van der Waals surface area contributed by atoms with E-state index in [1.165, 1.54) is 36.2 Å². The molecule has 1 atom stereocenters. The van der Waals surface area contributed by atoms with Crippen LogP contribution in [0.1, 0.15) is 58.7 Å². The summed E-state index contributed by atoms with van der Waals surface area (Å²) in [6, 6.07) is 12.1. The molecule has 5 nitrogen and oxygen atoms in total. The summed E-state index contributed by atoms with van der Waals surface area (Å²) in [5, 5.41) is 2.85. The molecule has 0 heterocycles. The minimum Gasteiger partial charge on any atom is -0.444 e. The number of carbonyl (C=O) groups excluding carboxylic acids is 2. The van der Waals surface area contributed by atoms with Crippen molar-refractivity contribution in [1.82, 2.24) is 4.90 Å². The van der Waals surface area contributed by atoms with Crippen molar-refractivity contribution in [2.45, 2.75) is 58.6 Å². The average molecular weight is 415 g/mol. The normalized spacial score (nSPS) is 12.8. The molecule has 0 saturated carbocycles. The number of nitrogens with one attached hydrogen (secondary N) is 1. The van der Waals surface area contributed by atoms with Crippen LogP contribution in [0, 0.1) is 5.82 Å². The molecule has 0 spiro atoms. The van der Waals surface area contributed by atoms with Crippen LogP contribution in [0.25, 0.3) is 0 Å². The molecule has 2 aromatic rings. The standard InChI is InChI=1S/C24H31FN2O3/c1-23(2,3)17-10-14-19(15-11-17)26-21(28)20(16-8-12-18(25)13-9-16)27(7)22(29)30-24(4,5)6/h8-15,20H,1-7H3,(H,26,28)/t20-/m0/s1. The second-order valence-corrected chi connectivity index (χ2v) is 9.36. The molecular weight excluding hydrogens is 383 g/mol. The molecule has 2 rings (SSSR count). The minimum absolute atomic E-state index is 0.00385. The highest BCUT2D eigenvalue weighted by molar-refractivity contribution is 5.97. The molecule has 162 valence electrons. The number of hydrogen-bond donors (Lipinski definition) is 1. The van der Waals surface area contributed by atoms with E-state index in [0.29, 0.717) is 11.3 Å². The van der Waals surface area contributed by atoms with E-state index in [9.17, 15) is 14.0 Å². The van der Waals surface area contributed by atoms with Crippen LogP contribution in [-0.4, -0.2) is 29.5 Å². The number of ether oxygens (including phenoxy) is 1. The fourth-order valence-electron chi connectivity index (χ4n) is 2.90. The number of rotatable bonds is 4. The first kappa shape index (κ1) is 23.4. The summed E-state index contributed by atoms with van der Waals surface area (Å²) in [6.45, 7) is 11.6. The lowest BCUT2D eigenvalue weighted by molar-refractivity contribution is -0.121. The van der Waals surface area contributed by atoms with Crippen LogP contribution >= 0.6 is 0 Å². The van der Waals surface area contributed by atoms with Crippen LogP contribution in [0.3, 0.4) is 0 Å². The predicted molar refractivity (Wildman–Crippen MR) is 117 cm³/mol. The summed E-state index contributed by atoms with van der Waals surface area (Å²) in [6.07, 6.45) is -0.643. The van der Waals surface area contributed by atoms with E-state index in [1.807, 2.05) is 24.3 Å². The topological polar surface area (TPSA) is 58.6 Å². The molecule has 30 heavy (non-hydrogen) atoms. The molecule has 0 aliphatic carbocycles.